The predicted octanol–water partition coefficient (Wildman–Crippen LogP) is 1.64. The van der Waals surface area contributed by atoms with E-state index in [9.17, 15) is 13.6 Å². The molecule has 0 aromatic carbocycles. The van der Waals surface area contributed by atoms with E-state index in [0.717, 1.165) is 0 Å². The summed E-state index contributed by atoms with van der Waals surface area (Å²) in [6, 6.07) is 2.92. The van der Waals surface area contributed by atoms with Gasteiger partial charge in [-0.25, -0.2) is 8.78 Å². The van der Waals surface area contributed by atoms with Crippen molar-refractivity contribution in [3.63, 3.8) is 0 Å². The zero-order chi connectivity index (χ0) is 13.5. The Labute approximate surface area is 105 Å². The molecule has 0 saturated carbocycles. The van der Waals surface area contributed by atoms with Gasteiger partial charge in [0.05, 0.1) is 6.54 Å². The zero-order valence-electron chi connectivity index (χ0n) is 10.3. The highest BCUT2D eigenvalue weighted by atomic mass is 19.3. The molecule has 0 aliphatic carbocycles. The average Bonchev–Trinajstić information content (AvgIpc) is 2.75. The minimum atomic E-state index is -2.50. The molecule has 1 aromatic heterocycles. The number of alkyl halides is 2. The number of rotatable bonds is 7. The van der Waals surface area contributed by atoms with Crippen molar-refractivity contribution in [3.8, 4) is 0 Å². The number of nitrogens with zero attached hydrogens (tertiary/aromatic N) is 1. The topological polar surface area (TPSA) is 54.3 Å². The Hall–Kier alpha value is -1.43. The number of hydrogen-bond donors (Lipinski definition) is 2. The zero-order valence-corrected chi connectivity index (χ0v) is 10.3. The summed E-state index contributed by atoms with van der Waals surface area (Å²) >= 11 is 0. The molecular formula is C12H18F2N2O2. The van der Waals surface area contributed by atoms with Crippen LogP contribution in [0.15, 0.2) is 18.3 Å². The number of carbonyl (C=O) groups excluding carboxylic acids is 1. The van der Waals surface area contributed by atoms with Crippen LogP contribution in [0.2, 0.25) is 0 Å². The lowest BCUT2D eigenvalue weighted by atomic mass is 10.1. The molecule has 1 atom stereocenters. The Bertz CT molecular complexity index is 380. The molecule has 102 valence electrons. The van der Waals surface area contributed by atoms with Gasteiger partial charge in [0.1, 0.15) is 5.69 Å². The minimum Gasteiger partial charge on any atom is -0.396 e. The molecule has 4 nitrogen and oxygen atoms in total. The molecule has 1 aromatic rings. The van der Waals surface area contributed by atoms with Crippen LogP contribution in [0.3, 0.4) is 0 Å². The third-order valence-electron chi connectivity index (χ3n) is 2.70. The first-order chi connectivity index (χ1) is 8.58. The highest BCUT2D eigenvalue weighted by molar-refractivity contribution is 5.92. The van der Waals surface area contributed by atoms with Gasteiger partial charge in [0.25, 0.3) is 12.3 Å². The maximum atomic E-state index is 12.3. The second-order valence-corrected chi connectivity index (χ2v) is 4.03. The number of nitrogens with one attached hydrogen (secondary N) is 1. The van der Waals surface area contributed by atoms with Crippen molar-refractivity contribution in [3.05, 3.63) is 24.0 Å². The Kier molecular flexibility index (Phi) is 5.77. The molecule has 0 aliphatic heterocycles. The van der Waals surface area contributed by atoms with E-state index in [4.69, 9.17) is 5.11 Å². The van der Waals surface area contributed by atoms with Crippen LogP contribution in [0.4, 0.5) is 8.78 Å². The molecule has 1 rings (SSSR count). The van der Waals surface area contributed by atoms with Gasteiger partial charge >= 0.3 is 0 Å². The van der Waals surface area contributed by atoms with Crippen LogP contribution in [0.5, 0.6) is 0 Å². The quantitative estimate of drug-likeness (QED) is 0.783. The first-order valence-electron chi connectivity index (χ1n) is 5.93. The second kappa shape index (κ2) is 7.10. The molecular weight excluding hydrogens is 242 g/mol. The number of aliphatic hydroxyl groups excluding tert-OH is 1. The Morgan fingerprint density at radius 1 is 1.56 bits per heavy atom. The standard InChI is InChI=1S/C12H18F2N2O2/c1-2-9(5-7-17)15-12(18)10-4-3-6-16(10)8-11(13)14/h3-4,6,9,11,17H,2,5,7-8H2,1H3,(H,15,18). The number of amides is 1. The third-order valence-corrected chi connectivity index (χ3v) is 2.70. The summed E-state index contributed by atoms with van der Waals surface area (Å²) in [7, 11) is 0. The molecule has 1 amide bonds. The summed E-state index contributed by atoms with van der Waals surface area (Å²) in [4.78, 5) is 11.9. The third kappa shape index (κ3) is 4.10. The molecule has 1 heterocycles. The van der Waals surface area contributed by atoms with Gasteiger partial charge in [-0.15, -0.1) is 0 Å². The SMILES string of the molecule is CCC(CCO)NC(=O)c1cccn1CC(F)F. The second-order valence-electron chi connectivity index (χ2n) is 4.03. The summed E-state index contributed by atoms with van der Waals surface area (Å²) < 4.78 is 25.8. The summed E-state index contributed by atoms with van der Waals surface area (Å²) in [5.74, 6) is -0.388. The number of hydrogen-bond acceptors (Lipinski definition) is 2. The Morgan fingerprint density at radius 2 is 2.28 bits per heavy atom. The van der Waals surface area contributed by atoms with Crippen molar-refractivity contribution >= 4 is 5.91 Å². The van der Waals surface area contributed by atoms with Crippen LogP contribution >= 0.6 is 0 Å². The molecule has 0 aliphatic rings. The van der Waals surface area contributed by atoms with Gasteiger partial charge in [0, 0.05) is 18.8 Å². The van der Waals surface area contributed by atoms with Gasteiger partial charge in [0.15, 0.2) is 0 Å². The van der Waals surface area contributed by atoms with Crippen molar-refractivity contribution in [2.45, 2.75) is 38.8 Å². The van der Waals surface area contributed by atoms with Gasteiger partial charge in [-0.1, -0.05) is 6.92 Å². The molecule has 1 unspecified atom stereocenters. The van der Waals surface area contributed by atoms with Crippen molar-refractivity contribution in [2.75, 3.05) is 6.61 Å². The maximum Gasteiger partial charge on any atom is 0.268 e. The average molecular weight is 260 g/mol. The van der Waals surface area contributed by atoms with Crippen molar-refractivity contribution in [1.82, 2.24) is 9.88 Å². The normalized spacial score (nSPS) is 12.7. The molecule has 0 spiro atoms. The van der Waals surface area contributed by atoms with Gasteiger partial charge in [-0.05, 0) is 25.0 Å². The minimum absolute atomic E-state index is 0.0170. The Balaban J connectivity index is 2.68. The predicted molar refractivity (Wildman–Crippen MR) is 63.7 cm³/mol. The van der Waals surface area contributed by atoms with Gasteiger partial charge in [-0.2, -0.15) is 0 Å². The highest BCUT2D eigenvalue weighted by Gasteiger charge is 2.16. The van der Waals surface area contributed by atoms with Crippen LogP contribution in [0.25, 0.3) is 0 Å². The number of aromatic nitrogens is 1. The summed E-state index contributed by atoms with van der Waals surface area (Å²) in [5.41, 5.74) is 0.215. The van der Waals surface area contributed by atoms with E-state index < -0.39 is 13.0 Å². The fourth-order valence-corrected chi connectivity index (χ4v) is 1.72. The molecule has 0 bridgehead atoms. The van der Waals surface area contributed by atoms with E-state index in [1.165, 1.54) is 16.8 Å². The van der Waals surface area contributed by atoms with E-state index in [1.807, 2.05) is 6.92 Å². The highest BCUT2D eigenvalue weighted by Crippen LogP contribution is 2.07. The lowest BCUT2D eigenvalue weighted by molar-refractivity contribution is 0.0907. The van der Waals surface area contributed by atoms with Crippen molar-refractivity contribution < 1.29 is 18.7 Å². The summed E-state index contributed by atoms with van der Waals surface area (Å²) in [6.07, 6.45) is 0.0941. The number of aliphatic hydroxyl groups is 1. The number of carbonyl (C=O) groups is 1. The fourth-order valence-electron chi connectivity index (χ4n) is 1.72. The first kappa shape index (κ1) is 14.6. The van der Waals surface area contributed by atoms with Crippen molar-refractivity contribution in [1.29, 1.82) is 0 Å². The molecule has 0 radical (unpaired) electrons. The van der Waals surface area contributed by atoms with Gasteiger partial charge in [0.2, 0.25) is 0 Å². The van der Waals surface area contributed by atoms with Crippen LogP contribution in [0, 0.1) is 0 Å². The number of halogens is 2. The van der Waals surface area contributed by atoms with Crippen molar-refractivity contribution in [2.24, 2.45) is 0 Å². The smallest absolute Gasteiger partial charge is 0.268 e. The first-order valence-corrected chi connectivity index (χ1v) is 5.93. The summed E-state index contributed by atoms with van der Waals surface area (Å²) in [5, 5.41) is 11.5. The molecule has 0 saturated heterocycles. The van der Waals surface area contributed by atoms with E-state index in [-0.39, 0.29) is 24.2 Å². The molecule has 0 fully saturated rings. The maximum absolute atomic E-state index is 12.3. The van der Waals surface area contributed by atoms with E-state index in [1.54, 1.807) is 6.07 Å². The van der Waals surface area contributed by atoms with Gasteiger partial charge in [-0.3, -0.25) is 4.79 Å². The van der Waals surface area contributed by atoms with Crippen LogP contribution in [-0.2, 0) is 6.54 Å². The van der Waals surface area contributed by atoms with E-state index in [0.29, 0.717) is 12.8 Å². The lowest BCUT2D eigenvalue weighted by Crippen LogP contribution is -2.36. The van der Waals surface area contributed by atoms with E-state index in [2.05, 4.69) is 5.32 Å². The fraction of sp³-hybridized carbons (Fsp3) is 0.583. The van der Waals surface area contributed by atoms with Crippen LogP contribution in [-0.4, -0.2) is 34.7 Å². The van der Waals surface area contributed by atoms with Crippen LogP contribution < -0.4 is 5.32 Å². The Morgan fingerprint density at radius 3 is 2.83 bits per heavy atom. The lowest BCUT2D eigenvalue weighted by Gasteiger charge is -2.16. The summed E-state index contributed by atoms with van der Waals surface area (Å²) in [6.45, 7) is 1.38. The molecule has 6 heteroatoms. The largest absolute Gasteiger partial charge is 0.396 e. The monoisotopic (exact) mass is 260 g/mol. The van der Waals surface area contributed by atoms with Crippen LogP contribution in [0.1, 0.15) is 30.3 Å². The molecule has 2 N–H and O–H groups in total. The van der Waals surface area contributed by atoms with Gasteiger partial charge < -0.3 is 15.0 Å². The van der Waals surface area contributed by atoms with E-state index >= 15 is 0 Å². The molecule has 18 heavy (non-hydrogen) atoms.